The summed E-state index contributed by atoms with van der Waals surface area (Å²) >= 11 is 39.6. The van der Waals surface area contributed by atoms with Crippen molar-refractivity contribution in [3.8, 4) is 11.5 Å². The summed E-state index contributed by atoms with van der Waals surface area (Å²) in [5.74, 6) is 1.45. The van der Waals surface area contributed by atoms with Crippen molar-refractivity contribution in [2.45, 2.75) is 26.2 Å². The van der Waals surface area contributed by atoms with Crippen LogP contribution in [0.1, 0.15) is 26.3 Å². The smallest absolute Gasteiger partial charge is 0.346 e. The Bertz CT molecular complexity index is 2900. The van der Waals surface area contributed by atoms with E-state index in [1.807, 2.05) is 78.9 Å². The lowest BCUT2D eigenvalue weighted by Crippen LogP contribution is -2.71. The van der Waals surface area contributed by atoms with Crippen molar-refractivity contribution in [3.05, 3.63) is 224 Å². The summed E-state index contributed by atoms with van der Waals surface area (Å²) < 4.78 is 16.1. The molecule has 0 N–H and O–H groups in total. The minimum Gasteiger partial charge on any atom is -0.529 e. The SMILES string of the molecule is CC(C)(C)c1ccc2c(O[Si](c3ccc(Cl)cc3)(c3ccc(Cl)cc3)c3ccc(Cl)cc3)c3ccccc3c(O[Si](c3ccc(Cl)cc3)(c3ccc(Cl)cc3)c3ccc(Cl)cc3)c2c1. The van der Waals surface area contributed by atoms with Crippen LogP contribution in [-0.2, 0) is 5.41 Å². The van der Waals surface area contributed by atoms with Crippen LogP contribution in [0.2, 0.25) is 30.1 Å². The van der Waals surface area contributed by atoms with Gasteiger partial charge in [-0.1, -0.05) is 200 Å². The maximum absolute atomic E-state index is 8.07. The van der Waals surface area contributed by atoms with Gasteiger partial charge in [0.25, 0.3) is 0 Å². The van der Waals surface area contributed by atoms with Gasteiger partial charge in [0, 0.05) is 51.7 Å². The van der Waals surface area contributed by atoms with E-state index in [0.29, 0.717) is 30.1 Å². The zero-order valence-corrected chi connectivity index (χ0v) is 41.5. The molecule has 0 amide bonds. The second-order valence-electron chi connectivity index (χ2n) is 16.8. The van der Waals surface area contributed by atoms with Crippen LogP contribution in [0, 0.1) is 0 Å². The lowest BCUT2D eigenvalue weighted by molar-refractivity contribution is 0.578. The van der Waals surface area contributed by atoms with Crippen molar-refractivity contribution < 1.29 is 8.85 Å². The Morgan fingerprint density at radius 3 is 0.828 bits per heavy atom. The Morgan fingerprint density at radius 2 is 0.562 bits per heavy atom. The number of halogens is 6. The molecule has 9 rings (SSSR count). The molecule has 0 radical (unpaired) electrons. The first-order valence-electron chi connectivity index (χ1n) is 20.7. The highest BCUT2D eigenvalue weighted by atomic mass is 35.5. The first kappa shape index (κ1) is 44.5. The van der Waals surface area contributed by atoms with Gasteiger partial charge in [0.05, 0.1) is 0 Å². The molecule has 0 saturated heterocycles. The predicted octanol–water partition coefficient (Wildman–Crippen LogP) is 13.3. The monoisotopic (exact) mass is 986 g/mol. The van der Waals surface area contributed by atoms with E-state index in [9.17, 15) is 0 Å². The number of benzene rings is 9. The van der Waals surface area contributed by atoms with E-state index in [4.69, 9.17) is 78.5 Å². The maximum Gasteiger partial charge on any atom is 0.346 e. The van der Waals surface area contributed by atoms with Gasteiger partial charge in [0.15, 0.2) is 0 Å². The second kappa shape index (κ2) is 17.9. The molecule has 0 aliphatic heterocycles. The number of hydrogen-bond donors (Lipinski definition) is 0. The molecule has 64 heavy (non-hydrogen) atoms. The number of hydrogen-bond acceptors (Lipinski definition) is 2. The zero-order valence-electron chi connectivity index (χ0n) is 35.0. The summed E-state index contributed by atoms with van der Waals surface area (Å²) in [5, 5.41) is 13.3. The predicted molar refractivity (Wildman–Crippen MR) is 279 cm³/mol. The van der Waals surface area contributed by atoms with Gasteiger partial charge >= 0.3 is 16.6 Å². The fourth-order valence-electron chi connectivity index (χ4n) is 8.55. The fraction of sp³-hybridized carbons (Fsp3) is 0.0741. The third-order valence-corrected chi connectivity index (χ3v) is 21.2. The molecule has 0 saturated carbocycles. The average molecular weight is 990 g/mol. The van der Waals surface area contributed by atoms with Crippen molar-refractivity contribution >= 4 is 139 Å². The summed E-state index contributed by atoms with van der Waals surface area (Å²) in [4.78, 5) is 0. The van der Waals surface area contributed by atoms with Crippen LogP contribution in [0.25, 0.3) is 21.5 Å². The van der Waals surface area contributed by atoms with Crippen LogP contribution < -0.4 is 40.0 Å². The van der Waals surface area contributed by atoms with Gasteiger partial charge in [-0.3, -0.25) is 0 Å². The summed E-state index contributed by atoms with van der Waals surface area (Å²) in [6.07, 6.45) is 0. The molecule has 0 aliphatic rings. The third-order valence-electron chi connectivity index (χ3n) is 11.8. The van der Waals surface area contributed by atoms with Crippen molar-refractivity contribution in [3.63, 3.8) is 0 Å². The van der Waals surface area contributed by atoms with Crippen molar-refractivity contribution in [1.82, 2.24) is 0 Å². The lowest BCUT2D eigenvalue weighted by Gasteiger charge is -2.37. The molecule has 0 aromatic heterocycles. The Hall–Kier alpha value is -4.73. The van der Waals surface area contributed by atoms with Gasteiger partial charge < -0.3 is 8.85 Å². The van der Waals surface area contributed by atoms with Crippen LogP contribution in [0.3, 0.4) is 0 Å². The van der Waals surface area contributed by atoms with Crippen molar-refractivity contribution in [2.75, 3.05) is 0 Å². The highest BCUT2D eigenvalue weighted by molar-refractivity contribution is 7.08. The Kier molecular flexibility index (Phi) is 12.5. The van der Waals surface area contributed by atoms with Crippen molar-refractivity contribution in [2.24, 2.45) is 0 Å². The lowest BCUT2D eigenvalue weighted by atomic mass is 9.85. The molecule has 10 heteroatoms. The van der Waals surface area contributed by atoms with Crippen molar-refractivity contribution in [1.29, 1.82) is 0 Å². The van der Waals surface area contributed by atoms with Gasteiger partial charge in [-0.25, -0.2) is 0 Å². The molecule has 2 nitrogen and oxygen atoms in total. The molecule has 9 aromatic carbocycles. The van der Waals surface area contributed by atoms with E-state index in [1.165, 1.54) is 0 Å². The first-order chi connectivity index (χ1) is 30.8. The number of fused-ring (bicyclic) bond motifs is 2. The average Bonchev–Trinajstić information content (AvgIpc) is 3.29. The molecule has 0 unspecified atom stereocenters. The Labute approximate surface area is 406 Å². The van der Waals surface area contributed by atoms with Gasteiger partial charge in [-0.2, -0.15) is 0 Å². The maximum atomic E-state index is 8.07. The minimum absolute atomic E-state index is 0.205. The van der Waals surface area contributed by atoms with Gasteiger partial charge in [-0.05, 0) is 121 Å². The van der Waals surface area contributed by atoms with E-state index in [0.717, 1.165) is 69.7 Å². The Balaban J connectivity index is 1.41. The summed E-state index contributed by atoms with van der Waals surface area (Å²) in [5.41, 5.74) is 0.934. The van der Waals surface area contributed by atoms with Crippen LogP contribution >= 0.6 is 69.6 Å². The Morgan fingerprint density at radius 1 is 0.312 bits per heavy atom. The molecule has 0 fully saturated rings. The molecule has 318 valence electrons. The highest BCUT2D eigenvalue weighted by Gasteiger charge is 2.47. The number of rotatable bonds is 10. The van der Waals surface area contributed by atoms with Gasteiger partial charge in [0.2, 0.25) is 0 Å². The largest absolute Gasteiger partial charge is 0.529 e. The topological polar surface area (TPSA) is 18.5 Å². The van der Waals surface area contributed by atoms with Crippen LogP contribution in [0.5, 0.6) is 11.5 Å². The van der Waals surface area contributed by atoms with E-state index < -0.39 is 16.6 Å². The van der Waals surface area contributed by atoms with E-state index >= 15 is 0 Å². The normalized spacial score (nSPS) is 12.1. The van der Waals surface area contributed by atoms with Gasteiger partial charge in [0.1, 0.15) is 11.5 Å². The van der Waals surface area contributed by atoms with Crippen LogP contribution in [0.15, 0.2) is 188 Å². The minimum atomic E-state index is -3.52. The zero-order chi connectivity index (χ0) is 44.8. The molecule has 0 bridgehead atoms. The fourth-order valence-corrected chi connectivity index (χ4v) is 16.9. The summed E-state index contributed by atoms with van der Waals surface area (Å²) in [6.45, 7) is 6.67. The summed E-state index contributed by atoms with van der Waals surface area (Å²) in [7, 11) is -7.02. The first-order valence-corrected chi connectivity index (χ1v) is 26.8. The summed E-state index contributed by atoms with van der Waals surface area (Å²) in [6, 6.07) is 62.9. The molecule has 0 heterocycles. The van der Waals surface area contributed by atoms with Crippen LogP contribution in [0.4, 0.5) is 0 Å². The molecular formula is C54H40Cl6O2Si2. The highest BCUT2D eigenvalue weighted by Crippen LogP contribution is 2.46. The van der Waals surface area contributed by atoms with Gasteiger partial charge in [-0.15, -0.1) is 0 Å². The van der Waals surface area contributed by atoms with E-state index in [1.54, 1.807) is 0 Å². The second-order valence-corrected chi connectivity index (χ2v) is 26.0. The third kappa shape index (κ3) is 8.36. The van der Waals surface area contributed by atoms with Crippen LogP contribution in [-0.4, -0.2) is 16.6 Å². The quantitative estimate of drug-likeness (QED) is 0.0772. The van der Waals surface area contributed by atoms with E-state index in [2.05, 4.69) is 130 Å². The van der Waals surface area contributed by atoms with E-state index in [-0.39, 0.29) is 5.41 Å². The standard InChI is InChI=1S/C54H40Cl6O2Si2/c1-54(2,3)35-8-33-50-51(34-35)53(62-64(45-27-15-39(58)16-28-45,46-29-17-40(59)18-30-46)47-31-19-41(60)20-32-47)49-7-5-4-6-48(49)52(50)61-63(42-21-9-36(55)10-22-42,43-23-11-37(56)12-24-43)44-25-13-38(57)14-26-44/h4-34H,1-3H3. The molecular weight excluding hydrogens is 949 g/mol. The molecule has 9 aromatic rings. The molecule has 0 aliphatic carbocycles. The molecule has 0 atom stereocenters. The molecule has 0 spiro atoms.